The first-order valence-electron chi connectivity index (χ1n) is 9.82. The summed E-state index contributed by atoms with van der Waals surface area (Å²) in [5.41, 5.74) is 6.78. The quantitative estimate of drug-likeness (QED) is 0.773. The van der Waals surface area contributed by atoms with Crippen LogP contribution in [0.3, 0.4) is 0 Å². The first-order chi connectivity index (χ1) is 13.8. The molecule has 154 valence electrons. The number of piperidine rings is 1. The van der Waals surface area contributed by atoms with Gasteiger partial charge in [-0.25, -0.2) is 4.39 Å². The number of methoxy groups -OCH3 is 1. The van der Waals surface area contributed by atoms with E-state index in [9.17, 15) is 14.0 Å². The van der Waals surface area contributed by atoms with E-state index < -0.39 is 11.3 Å². The van der Waals surface area contributed by atoms with Gasteiger partial charge < -0.3 is 15.4 Å². The van der Waals surface area contributed by atoms with Crippen molar-refractivity contribution in [3.8, 4) is 5.75 Å². The molecule has 2 N–H and O–H groups in total. The second-order valence-corrected chi connectivity index (χ2v) is 7.72. The number of carbonyl (C=O) groups excluding carboxylic acids is 2. The zero-order chi connectivity index (χ0) is 21.0. The molecule has 0 aliphatic carbocycles. The van der Waals surface area contributed by atoms with Crippen LogP contribution in [0.5, 0.6) is 5.75 Å². The Morgan fingerprint density at radius 3 is 2.41 bits per heavy atom. The molecule has 2 atom stereocenters. The average molecular weight is 398 g/mol. The summed E-state index contributed by atoms with van der Waals surface area (Å²) < 4.78 is 18.6. The Morgan fingerprint density at radius 2 is 1.86 bits per heavy atom. The summed E-state index contributed by atoms with van der Waals surface area (Å²) in [7, 11) is 1.62. The van der Waals surface area contributed by atoms with Crippen molar-refractivity contribution < 1.29 is 18.7 Å². The molecule has 1 aliphatic heterocycles. The van der Waals surface area contributed by atoms with Gasteiger partial charge in [-0.2, -0.15) is 0 Å². The van der Waals surface area contributed by atoms with Crippen LogP contribution in [0.25, 0.3) is 0 Å². The number of nitrogens with zero attached hydrogens (tertiary/aromatic N) is 1. The molecule has 29 heavy (non-hydrogen) atoms. The fourth-order valence-electron chi connectivity index (χ4n) is 4.18. The van der Waals surface area contributed by atoms with Gasteiger partial charge in [-0.3, -0.25) is 9.59 Å². The smallest absolute Gasteiger partial charge is 0.223 e. The molecular weight excluding hydrogens is 371 g/mol. The van der Waals surface area contributed by atoms with Crippen LogP contribution in [0.2, 0.25) is 0 Å². The number of ether oxygens (including phenoxy) is 1. The van der Waals surface area contributed by atoms with Gasteiger partial charge in [-0.15, -0.1) is 0 Å². The predicted molar refractivity (Wildman–Crippen MR) is 109 cm³/mol. The summed E-state index contributed by atoms with van der Waals surface area (Å²) in [4.78, 5) is 26.4. The number of benzene rings is 2. The number of likely N-dealkylation sites (tertiary alicyclic amines) is 1. The number of rotatable bonds is 7. The van der Waals surface area contributed by atoms with Crippen molar-refractivity contribution in [3.05, 3.63) is 65.5 Å². The van der Waals surface area contributed by atoms with Crippen molar-refractivity contribution in [2.45, 2.75) is 44.1 Å². The van der Waals surface area contributed by atoms with E-state index in [1.165, 1.54) is 12.1 Å². The van der Waals surface area contributed by atoms with E-state index in [1.807, 2.05) is 36.1 Å². The van der Waals surface area contributed by atoms with Gasteiger partial charge in [0.2, 0.25) is 11.8 Å². The molecule has 2 aromatic rings. The number of hydrogen-bond donors (Lipinski definition) is 1. The maximum Gasteiger partial charge on any atom is 0.223 e. The van der Waals surface area contributed by atoms with Crippen LogP contribution in [0.4, 0.5) is 4.39 Å². The largest absolute Gasteiger partial charge is 0.497 e. The highest BCUT2D eigenvalue weighted by Crippen LogP contribution is 2.42. The Balaban J connectivity index is 1.82. The Hall–Kier alpha value is -2.89. The summed E-state index contributed by atoms with van der Waals surface area (Å²) in [6.45, 7) is 2.57. The second-order valence-electron chi connectivity index (χ2n) is 7.72. The highest BCUT2D eigenvalue weighted by atomic mass is 19.1. The van der Waals surface area contributed by atoms with Gasteiger partial charge in [0.25, 0.3) is 0 Å². The van der Waals surface area contributed by atoms with E-state index in [2.05, 4.69) is 0 Å². The molecule has 1 saturated heterocycles. The van der Waals surface area contributed by atoms with E-state index >= 15 is 0 Å². The molecule has 1 heterocycles. The van der Waals surface area contributed by atoms with Crippen molar-refractivity contribution in [3.63, 3.8) is 0 Å². The molecule has 1 aliphatic rings. The Morgan fingerprint density at radius 1 is 1.21 bits per heavy atom. The average Bonchev–Trinajstić information content (AvgIpc) is 2.72. The molecule has 1 fully saturated rings. The van der Waals surface area contributed by atoms with Gasteiger partial charge in [0.1, 0.15) is 11.6 Å². The van der Waals surface area contributed by atoms with Crippen LogP contribution < -0.4 is 10.5 Å². The fraction of sp³-hybridized carbons (Fsp3) is 0.391. The normalized spacial score (nSPS) is 20.4. The molecule has 3 rings (SSSR count). The molecular formula is C23H27FN2O3. The van der Waals surface area contributed by atoms with Gasteiger partial charge in [0.05, 0.1) is 13.2 Å². The lowest BCUT2D eigenvalue weighted by molar-refractivity contribution is -0.139. The number of carbonyl (C=O) groups is 2. The fourth-order valence-corrected chi connectivity index (χ4v) is 4.18. The molecule has 0 saturated carbocycles. The zero-order valence-electron chi connectivity index (χ0n) is 16.9. The molecule has 2 amide bonds. The minimum atomic E-state index is -0.504. The highest BCUT2D eigenvalue weighted by Gasteiger charge is 2.41. The van der Waals surface area contributed by atoms with Gasteiger partial charge in [0.15, 0.2) is 0 Å². The number of hydrogen-bond acceptors (Lipinski definition) is 3. The maximum atomic E-state index is 13.4. The van der Waals surface area contributed by atoms with Gasteiger partial charge >= 0.3 is 0 Å². The first kappa shape index (κ1) is 20.8. The Bertz CT molecular complexity index is 867. The van der Waals surface area contributed by atoms with Crippen LogP contribution >= 0.6 is 0 Å². The summed E-state index contributed by atoms with van der Waals surface area (Å²) in [6.07, 6.45) is 1.63. The minimum absolute atomic E-state index is 0.0216. The topological polar surface area (TPSA) is 72.6 Å². The van der Waals surface area contributed by atoms with Crippen LogP contribution in [0, 0.1) is 5.82 Å². The lowest BCUT2D eigenvalue weighted by Gasteiger charge is -2.44. The third kappa shape index (κ3) is 4.58. The van der Waals surface area contributed by atoms with Crippen molar-refractivity contribution in [2.24, 2.45) is 5.73 Å². The molecule has 0 aromatic heterocycles. The highest BCUT2D eigenvalue weighted by molar-refractivity contribution is 5.80. The third-order valence-electron chi connectivity index (χ3n) is 6.01. The lowest BCUT2D eigenvalue weighted by atomic mass is 9.69. The number of primary amides is 1. The lowest BCUT2D eigenvalue weighted by Crippen LogP contribution is -2.47. The standard InChI is InChI=1S/C23H27FN2O3/c1-16(17-3-9-20(29-2)10-4-17)26-14-13-23(15-22(26)28,12-11-21(25)27)18-5-7-19(24)8-6-18/h3-10,16H,11-15H2,1-2H3,(H2,25,27)/t16-,23-/m0/s1. The van der Waals surface area contributed by atoms with Gasteiger partial charge in [-0.1, -0.05) is 24.3 Å². The van der Waals surface area contributed by atoms with E-state index in [0.29, 0.717) is 19.4 Å². The van der Waals surface area contributed by atoms with Crippen molar-refractivity contribution in [2.75, 3.05) is 13.7 Å². The van der Waals surface area contributed by atoms with Crippen LogP contribution in [-0.4, -0.2) is 30.4 Å². The summed E-state index contributed by atoms with van der Waals surface area (Å²) in [5, 5.41) is 0. The molecule has 2 aromatic carbocycles. The van der Waals surface area contributed by atoms with Gasteiger partial charge in [0, 0.05) is 24.8 Å². The molecule has 6 heteroatoms. The summed E-state index contributed by atoms with van der Waals surface area (Å²) >= 11 is 0. The van der Waals surface area contributed by atoms with Gasteiger partial charge in [-0.05, 0) is 55.2 Å². The monoisotopic (exact) mass is 398 g/mol. The Kier molecular flexibility index (Phi) is 6.20. The number of halogens is 1. The summed E-state index contributed by atoms with van der Waals surface area (Å²) in [5.74, 6) is 0.0738. The summed E-state index contributed by atoms with van der Waals surface area (Å²) in [6, 6.07) is 13.9. The number of amides is 2. The van der Waals surface area contributed by atoms with Crippen molar-refractivity contribution >= 4 is 11.8 Å². The van der Waals surface area contributed by atoms with E-state index in [-0.39, 0.29) is 30.6 Å². The third-order valence-corrected chi connectivity index (χ3v) is 6.01. The zero-order valence-corrected chi connectivity index (χ0v) is 16.9. The van der Waals surface area contributed by atoms with Crippen LogP contribution in [0.1, 0.15) is 49.8 Å². The molecule has 5 nitrogen and oxygen atoms in total. The molecule has 0 unspecified atom stereocenters. The van der Waals surface area contributed by atoms with E-state index in [4.69, 9.17) is 10.5 Å². The molecule has 0 spiro atoms. The number of nitrogens with two attached hydrogens (primary N) is 1. The van der Waals surface area contributed by atoms with E-state index in [1.54, 1.807) is 19.2 Å². The SMILES string of the molecule is COc1ccc([C@H](C)N2CC[C@](CCC(N)=O)(c3ccc(F)cc3)CC2=O)cc1. The Labute approximate surface area is 170 Å². The predicted octanol–water partition coefficient (Wildman–Crippen LogP) is 3.72. The van der Waals surface area contributed by atoms with Crippen molar-refractivity contribution in [1.82, 2.24) is 4.90 Å². The van der Waals surface area contributed by atoms with Crippen LogP contribution in [-0.2, 0) is 15.0 Å². The van der Waals surface area contributed by atoms with E-state index in [0.717, 1.165) is 16.9 Å². The van der Waals surface area contributed by atoms with Crippen molar-refractivity contribution in [1.29, 1.82) is 0 Å². The molecule has 0 bridgehead atoms. The maximum absolute atomic E-state index is 13.4. The minimum Gasteiger partial charge on any atom is -0.497 e. The molecule has 0 radical (unpaired) electrons. The van der Waals surface area contributed by atoms with Crippen LogP contribution in [0.15, 0.2) is 48.5 Å². The first-order valence-corrected chi connectivity index (χ1v) is 9.82. The second kappa shape index (κ2) is 8.64.